The number of nitrogens with two attached hydrogens (primary N) is 1. The zero-order chi connectivity index (χ0) is 11.7. The van der Waals surface area contributed by atoms with E-state index >= 15 is 0 Å². The Morgan fingerprint density at radius 2 is 2.06 bits per heavy atom. The molecule has 1 aromatic carbocycles. The zero-order valence-electron chi connectivity index (χ0n) is 9.27. The highest BCUT2D eigenvalue weighted by Crippen LogP contribution is 2.20. The van der Waals surface area contributed by atoms with Crippen molar-refractivity contribution >= 4 is 22.4 Å². The van der Waals surface area contributed by atoms with E-state index in [0.717, 1.165) is 10.8 Å². The third-order valence-corrected chi connectivity index (χ3v) is 2.40. The molecule has 2 rings (SSSR count). The molecule has 2 aromatic rings. The maximum Gasteiger partial charge on any atom is 0.272 e. The van der Waals surface area contributed by atoms with Gasteiger partial charge in [-0.05, 0) is 23.6 Å². The molecule has 0 aliphatic carbocycles. The van der Waals surface area contributed by atoms with Gasteiger partial charge >= 0.3 is 0 Å². The number of nitrogen functional groups attached to an aromatic ring is 1. The van der Waals surface area contributed by atoms with Gasteiger partial charge in [-0.1, -0.05) is 6.07 Å². The Morgan fingerprint density at radius 3 is 2.75 bits per heavy atom. The van der Waals surface area contributed by atoms with Crippen molar-refractivity contribution in [3.05, 3.63) is 36.2 Å². The lowest BCUT2D eigenvalue weighted by Gasteiger charge is -2.11. The van der Waals surface area contributed by atoms with E-state index in [-0.39, 0.29) is 5.91 Å². The van der Waals surface area contributed by atoms with Crippen LogP contribution in [0.1, 0.15) is 10.5 Å². The summed E-state index contributed by atoms with van der Waals surface area (Å²) in [7, 11) is 3.41. The number of hydrogen-bond donors (Lipinski definition) is 1. The van der Waals surface area contributed by atoms with Crippen molar-refractivity contribution in [3.8, 4) is 0 Å². The van der Waals surface area contributed by atoms with E-state index in [1.807, 2.05) is 18.2 Å². The van der Waals surface area contributed by atoms with Gasteiger partial charge in [0, 0.05) is 31.4 Å². The van der Waals surface area contributed by atoms with Crippen LogP contribution < -0.4 is 5.73 Å². The second kappa shape index (κ2) is 3.81. The van der Waals surface area contributed by atoms with Gasteiger partial charge in [0.25, 0.3) is 5.91 Å². The maximum absolute atomic E-state index is 11.9. The van der Waals surface area contributed by atoms with Gasteiger partial charge in [0.2, 0.25) is 0 Å². The molecule has 4 heteroatoms. The highest BCUT2D eigenvalue weighted by molar-refractivity contribution is 6.05. The minimum absolute atomic E-state index is 0.115. The summed E-state index contributed by atoms with van der Waals surface area (Å²) < 4.78 is 0. The lowest BCUT2D eigenvalue weighted by atomic mass is 10.1. The van der Waals surface area contributed by atoms with Crippen molar-refractivity contribution in [2.24, 2.45) is 0 Å². The molecule has 0 saturated heterocycles. The largest absolute Gasteiger partial charge is 0.399 e. The molecule has 1 heterocycles. The predicted octanol–water partition coefficient (Wildman–Crippen LogP) is 1.52. The van der Waals surface area contributed by atoms with Gasteiger partial charge in [0.05, 0.1) is 0 Å². The number of amides is 1. The number of fused-ring (bicyclic) bond motifs is 1. The van der Waals surface area contributed by atoms with E-state index < -0.39 is 0 Å². The summed E-state index contributed by atoms with van der Waals surface area (Å²) in [5.41, 5.74) is 6.79. The number of nitrogens with zero attached hydrogens (tertiary/aromatic N) is 2. The van der Waals surface area contributed by atoms with E-state index in [1.54, 1.807) is 26.4 Å². The Balaban J connectivity index is 2.69. The van der Waals surface area contributed by atoms with Gasteiger partial charge in [-0.25, -0.2) is 0 Å². The second-order valence-electron chi connectivity index (χ2n) is 3.84. The SMILES string of the molecule is CN(C)C(=O)c1nccc2ccc(N)cc12. The molecule has 0 radical (unpaired) electrons. The second-order valence-corrected chi connectivity index (χ2v) is 3.84. The molecule has 0 fully saturated rings. The van der Waals surface area contributed by atoms with Crippen LogP contribution in [0.4, 0.5) is 5.69 Å². The first kappa shape index (κ1) is 10.4. The van der Waals surface area contributed by atoms with Crippen LogP contribution in [0, 0.1) is 0 Å². The van der Waals surface area contributed by atoms with Crippen LogP contribution >= 0.6 is 0 Å². The molecule has 0 spiro atoms. The Labute approximate surface area is 93.7 Å². The predicted molar refractivity (Wildman–Crippen MR) is 64.2 cm³/mol. The normalized spacial score (nSPS) is 10.4. The first-order valence-corrected chi connectivity index (χ1v) is 4.95. The van der Waals surface area contributed by atoms with Gasteiger partial charge in [-0.2, -0.15) is 0 Å². The lowest BCUT2D eigenvalue weighted by Crippen LogP contribution is -2.23. The van der Waals surface area contributed by atoms with Crippen LogP contribution in [0.15, 0.2) is 30.5 Å². The number of carbonyl (C=O) groups excluding carboxylic acids is 1. The standard InChI is InChI=1S/C12H13N3O/c1-15(2)12(16)11-10-7-9(13)4-3-8(10)5-6-14-11/h3-7H,13H2,1-2H3. The molecule has 0 unspecified atom stereocenters. The Kier molecular flexibility index (Phi) is 2.48. The minimum atomic E-state index is -0.115. The van der Waals surface area contributed by atoms with Crippen LogP contribution in [0.3, 0.4) is 0 Å². The average Bonchev–Trinajstić information content (AvgIpc) is 2.27. The van der Waals surface area contributed by atoms with Crippen LogP contribution in [0.5, 0.6) is 0 Å². The highest BCUT2D eigenvalue weighted by atomic mass is 16.2. The van der Waals surface area contributed by atoms with Gasteiger partial charge in [0.15, 0.2) is 0 Å². The Morgan fingerprint density at radius 1 is 1.31 bits per heavy atom. The van der Waals surface area contributed by atoms with E-state index in [0.29, 0.717) is 11.4 Å². The van der Waals surface area contributed by atoms with Crippen LogP contribution in [0.2, 0.25) is 0 Å². The van der Waals surface area contributed by atoms with Crippen molar-refractivity contribution in [1.82, 2.24) is 9.88 Å². The van der Waals surface area contributed by atoms with E-state index in [2.05, 4.69) is 4.98 Å². The van der Waals surface area contributed by atoms with Crippen LogP contribution in [-0.4, -0.2) is 29.9 Å². The fourth-order valence-corrected chi connectivity index (χ4v) is 1.57. The summed E-state index contributed by atoms with van der Waals surface area (Å²) in [6.07, 6.45) is 1.63. The molecule has 0 bridgehead atoms. The molecule has 2 N–H and O–H groups in total. The number of hydrogen-bond acceptors (Lipinski definition) is 3. The van der Waals surface area contributed by atoms with Crippen molar-refractivity contribution in [2.45, 2.75) is 0 Å². The molecule has 1 aromatic heterocycles. The first-order chi connectivity index (χ1) is 7.59. The molecule has 0 atom stereocenters. The van der Waals surface area contributed by atoms with E-state index in [9.17, 15) is 4.79 Å². The quantitative estimate of drug-likeness (QED) is 0.734. The van der Waals surface area contributed by atoms with Crippen molar-refractivity contribution in [2.75, 3.05) is 19.8 Å². The average molecular weight is 215 g/mol. The number of benzene rings is 1. The number of anilines is 1. The number of carbonyl (C=O) groups is 1. The zero-order valence-corrected chi connectivity index (χ0v) is 9.27. The fourth-order valence-electron chi connectivity index (χ4n) is 1.57. The molecule has 0 aliphatic rings. The molecule has 82 valence electrons. The Hall–Kier alpha value is -2.10. The topological polar surface area (TPSA) is 59.2 Å². The van der Waals surface area contributed by atoms with E-state index in [1.165, 1.54) is 4.90 Å². The summed E-state index contributed by atoms with van der Waals surface area (Å²) in [5, 5.41) is 1.76. The summed E-state index contributed by atoms with van der Waals surface area (Å²) in [5.74, 6) is -0.115. The first-order valence-electron chi connectivity index (χ1n) is 4.95. The van der Waals surface area contributed by atoms with Crippen LogP contribution in [0.25, 0.3) is 10.8 Å². The monoisotopic (exact) mass is 215 g/mol. The van der Waals surface area contributed by atoms with Crippen LogP contribution in [-0.2, 0) is 0 Å². The van der Waals surface area contributed by atoms with Crippen molar-refractivity contribution in [3.63, 3.8) is 0 Å². The van der Waals surface area contributed by atoms with Gasteiger partial charge in [-0.15, -0.1) is 0 Å². The third-order valence-electron chi connectivity index (χ3n) is 2.40. The van der Waals surface area contributed by atoms with Gasteiger partial charge in [-0.3, -0.25) is 9.78 Å². The molecule has 4 nitrogen and oxygen atoms in total. The molecule has 0 aliphatic heterocycles. The number of aromatic nitrogens is 1. The molecular weight excluding hydrogens is 202 g/mol. The van der Waals surface area contributed by atoms with Gasteiger partial charge < -0.3 is 10.6 Å². The third kappa shape index (κ3) is 1.69. The smallest absolute Gasteiger partial charge is 0.272 e. The molecular formula is C12H13N3O. The highest BCUT2D eigenvalue weighted by Gasteiger charge is 2.13. The van der Waals surface area contributed by atoms with Crippen molar-refractivity contribution in [1.29, 1.82) is 0 Å². The summed E-state index contributed by atoms with van der Waals surface area (Å²) in [6.45, 7) is 0. The lowest BCUT2D eigenvalue weighted by molar-refractivity contribution is 0.0824. The molecule has 16 heavy (non-hydrogen) atoms. The summed E-state index contributed by atoms with van der Waals surface area (Å²) in [6, 6.07) is 7.34. The van der Waals surface area contributed by atoms with Crippen molar-refractivity contribution < 1.29 is 4.79 Å². The number of rotatable bonds is 1. The maximum atomic E-state index is 11.9. The minimum Gasteiger partial charge on any atom is -0.399 e. The summed E-state index contributed by atoms with van der Waals surface area (Å²) in [4.78, 5) is 17.5. The Bertz CT molecular complexity index is 549. The number of pyridine rings is 1. The molecule has 0 saturated carbocycles. The summed E-state index contributed by atoms with van der Waals surface area (Å²) >= 11 is 0. The fraction of sp³-hybridized carbons (Fsp3) is 0.167. The van der Waals surface area contributed by atoms with Gasteiger partial charge in [0.1, 0.15) is 5.69 Å². The van der Waals surface area contributed by atoms with E-state index in [4.69, 9.17) is 5.73 Å². The molecule has 1 amide bonds.